The molecule has 40 heavy (non-hydrogen) atoms. The smallest absolute Gasteiger partial charge is 0.410 e. The van der Waals surface area contributed by atoms with Crippen molar-refractivity contribution in [3.63, 3.8) is 0 Å². The van der Waals surface area contributed by atoms with E-state index in [0.29, 0.717) is 44.7 Å². The molecule has 0 bridgehead atoms. The standard InChI is InChI=1S/C31H36N4O4S/c1-20-23-8-6-7-9-24(23)40-25(20)19-34(5)26(36)11-10-21-16-22-17-31(28(37)33-27(22)32-18-21)12-14-35(15-13-31)29(38)39-30(2,3)4/h6-11,16,18H,12-15,17,19H2,1-5H3,(H,32,33,37)/b11-10+. The molecule has 3 aromatic rings. The molecule has 0 radical (unpaired) electrons. The minimum absolute atomic E-state index is 0.0482. The fourth-order valence-electron chi connectivity index (χ4n) is 5.36. The van der Waals surface area contributed by atoms with Gasteiger partial charge in [0, 0.05) is 42.0 Å². The number of carbonyl (C=O) groups excluding carboxylic acids is 3. The van der Waals surface area contributed by atoms with Crippen molar-refractivity contribution < 1.29 is 19.1 Å². The van der Waals surface area contributed by atoms with E-state index >= 15 is 0 Å². The van der Waals surface area contributed by atoms with Crippen molar-refractivity contribution >= 4 is 51.2 Å². The molecule has 4 heterocycles. The number of nitrogens with zero attached hydrogens (tertiary/aromatic N) is 3. The van der Waals surface area contributed by atoms with Crippen LogP contribution in [-0.4, -0.2) is 58.4 Å². The van der Waals surface area contributed by atoms with E-state index in [1.54, 1.807) is 39.5 Å². The lowest BCUT2D eigenvalue weighted by Crippen LogP contribution is -2.51. The normalized spacial score (nSPS) is 16.7. The van der Waals surface area contributed by atoms with Crippen molar-refractivity contribution in [1.29, 1.82) is 0 Å². The number of hydrogen-bond acceptors (Lipinski definition) is 6. The Morgan fingerprint density at radius 2 is 1.95 bits per heavy atom. The molecule has 1 saturated heterocycles. The van der Waals surface area contributed by atoms with E-state index in [2.05, 4.69) is 29.4 Å². The average Bonchev–Trinajstić information content (AvgIpc) is 3.22. The van der Waals surface area contributed by atoms with Gasteiger partial charge in [-0.1, -0.05) is 18.2 Å². The van der Waals surface area contributed by atoms with Crippen molar-refractivity contribution in [1.82, 2.24) is 14.8 Å². The number of anilines is 1. The number of likely N-dealkylation sites (tertiary alicyclic amines) is 1. The van der Waals surface area contributed by atoms with E-state index in [1.165, 1.54) is 20.5 Å². The lowest BCUT2D eigenvalue weighted by atomic mass is 9.71. The van der Waals surface area contributed by atoms with Crippen LogP contribution in [0.1, 0.15) is 55.2 Å². The van der Waals surface area contributed by atoms with Gasteiger partial charge in [-0.25, -0.2) is 9.78 Å². The third-order valence-corrected chi connectivity index (χ3v) is 8.98. The number of aryl methyl sites for hydroxylation is 1. The number of amides is 3. The number of pyridine rings is 1. The molecule has 2 aromatic heterocycles. The number of piperidine rings is 1. The molecule has 1 spiro atoms. The van der Waals surface area contributed by atoms with Gasteiger partial charge in [0.2, 0.25) is 11.8 Å². The van der Waals surface area contributed by atoms with E-state index in [9.17, 15) is 14.4 Å². The monoisotopic (exact) mass is 560 g/mol. The number of likely N-dealkylation sites (N-methyl/N-ethyl adjacent to an activating group) is 1. The van der Waals surface area contributed by atoms with Crippen LogP contribution in [0.15, 0.2) is 42.6 Å². The molecule has 210 valence electrons. The Morgan fingerprint density at radius 1 is 1.23 bits per heavy atom. The van der Waals surface area contributed by atoms with Crippen molar-refractivity contribution in [2.75, 3.05) is 25.5 Å². The maximum absolute atomic E-state index is 13.1. The summed E-state index contributed by atoms with van der Waals surface area (Å²) < 4.78 is 6.73. The number of rotatable bonds is 4. The maximum atomic E-state index is 13.1. The first-order valence-corrected chi connectivity index (χ1v) is 14.4. The van der Waals surface area contributed by atoms with Gasteiger partial charge in [-0.3, -0.25) is 9.59 Å². The molecule has 0 aliphatic carbocycles. The molecule has 1 fully saturated rings. The van der Waals surface area contributed by atoms with Crippen LogP contribution in [0.25, 0.3) is 16.2 Å². The highest BCUT2D eigenvalue weighted by atomic mass is 32.1. The molecular weight excluding hydrogens is 524 g/mol. The number of ether oxygens (including phenoxy) is 1. The van der Waals surface area contributed by atoms with Gasteiger partial charge in [-0.15, -0.1) is 11.3 Å². The van der Waals surface area contributed by atoms with Gasteiger partial charge in [0.25, 0.3) is 0 Å². The summed E-state index contributed by atoms with van der Waals surface area (Å²) in [5, 5.41) is 4.21. The summed E-state index contributed by atoms with van der Waals surface area (Å²) >= 11 is 1.72. The molecule has 5 rings (SSSR count). The number of aromatic nitrogens is 1. The molecule has 0 unspecified atom stereocenters. The van der Waals surface area contributed by atoms with Crippen molar-refractivity contribution in [2.24, 2.45) is 5.41 Å². The number of thiophene rings is 1. The molecule has 0 atom stereocenters. The maximum Gasteiger partial charge on any atom is 0.410 e. The minimum atomic E-state index is -0.590. The second-order valence-electron chi connectivity index (χ2n) is 11.8. The number of benzene rings is 1. The Balaban J connectivity index is 1.24. The Hall–Kier alpha value is -3.72. The number of hydrogen-bond donors (Lipinski definition) is 1. The fourth-order valence-corrected chi connectivity index (χ4v) is 6.63. The molecular formula is C31H36N4O4S. The largest absolute Gasteiger partial charge is 0.444 e. The molecule has 8 nitrogen and oxygen atoms in total. The zero-order valence-corrected chi connectivity index (χ0v) is 24.6. The molecule has 2 aliphatic heterocycles. The first-order chi connectivity index (χ1) is 18.9. The molecule has 1 aromatic carbocycles. The zero-order valence-electron chi connectivity index (χ0n) is 23.7. The van der Waals surface area contributed by atoms with Crippen LogP contribution in [0.3, 0.4) is 0 Å². The zero-order chi connectivity index (χ0) is 28.7. The van der Waals surface area contributed by atoms with Crippen LogP contribution in [0.5, 0.6) is 0 Å². The van der Waals surface area contributed by atoms with Gasteiger partial charge < -0.3 is 19.9 Å². The fraction of sp³-hybridized carbons (Fsp3) is 0.419. The Labute approximate surface area is 239 Å². The molecule has 9 heteroatoms. The third-order valence-electron chi connectivity index (χ3n) is 7.72. The van der Waals surface area contributed by atoms with Crippen LogP contribution < -0.4 is 5.32 Å². The first-order valence-electron chi connectivity index (χ1n) is 13.6. The van der Waals surface area contributed by atoms with Crippen molar-refractivity contribution in [3.8, 4) is 0 Å². The molecule has 2 aliphatic rings. The number of fused-ring (bicyclic) bond motifs is 2. The number of nitrogens with one attached hydrogen (secondary N) is 1. The molecule has 0 saturated carbocycles. The van der Waals surface area contributed by atoms with Crippen molar-refractivity contribution in [2.45, 2.75) is 59.1 Å². The van der Waals surface area contributed by atoms with Crippen LogP contribution >= 0.6 is 11.3 Å². The second-order valence-corrected chi connectivity index (χ2v) is 13.0. The quantitative estimate of drug-likeness (QED) is 0.408. The second kappa shape index (κ2) is 10.7. The number of carbonyl (C=O) groups is 3. The summed E-state index contributed by atoms with van der Waals surface area (Å²) in [5.41, 5.74) is 1.81. The van der Waals surface area contributed by atoms with Crippen LogP contribution in [0, 0.1) is 12.3 Å². The summed E-state index contributed by atoms with van der Waals surface area (Å²) in [4.78, 5) is 47.6. The lowest BCUT2D eigenvalue weighted by molar-refractivity contribution is -0.129. The SMILES string of the molecule is Cc1c(CN(C)C(=O)/C=C/c2cnc3c(c2)CC2(CCN(C(=O)OC(C)(C)C)CC2)C(=O)N3)sc2ccccc12. The Kier molecular flexibility index (Phi) is 7.44. The topological polar surface area (TPSA) is 91.8 Å². The average molecular weight is 561 g/mol. The highest BCUT2D eigenvalue weighted by molar-refractivity contribution is 7.19. The van der Waals surface area contributed by atoms with E-state index < -0.39 is 11.0 Å². The summed E-state index contributed by atoms with van der Waals surface area (Å²) in [6.45, 7) is 9.12. The van der Waals surface area contributed by atoms with Crippen LogP contribution in [0.4, 0.5) is 10.6 Å². The Morgan fingerprint density at radius 3 is 2.65 bits per heavy atom. The molecule has 1 N–H and O–H groups in total. The summed E-state index contributed by atoms with van der Waals surface area (Å²) in [5.74, 6) is 0.424. The first kappa shape index (κ1) is 27.8. The van der Waals surface area contributed by atoms with E-state index in [4.69, 9.17) is 4.74 Å². The minimum Gasteiger partial charge on any atom is -0.444 e. The predicted molar refractivity (Wildman–Crippen MR) is 158 cm³/mol. The Bertz CT molecular complexity index is 1490. The van der Waals surface area contributed by atoms with Crippen LogP contribution in [0.2, 0.25) is 0 Å². The summed E-state index contributed by atoms with van der Waals surface area (Å²) in [7, 11) is 1.81. The van der Waals surface area contributed by atoms with Gasteiger partial charge in [0.15, 0.2) is 0 Å². The van der Waals surface area contributed by atoms with E-state index in [-0.39, 0.29) is 17.9 Å². The highest BCUT2D eigenvalue weighted by Crippen LogP contribution is 2.41. The van der Waals surface area contributed by atoms with Gasteiger partial charge in [-0.05, 0) is 87.2 Å². The highest BCUT2D eigenvalue weighted by Gasteiger charge is 2.46. The summed E-state index contributed by atoms with van der Waals surface area (Å²) in [6, 6.07) is 10.3. The van der Waals surface area contributed by atoms with Gasteiger partial charge in [0.1, 0.15) is 11.4 Å². The van der Waals surface area contributed by atoms with Crippen molar-refractivity contribution in [3.05, 3.63) is 64.2 Å². The van der Waals surface area contributed by atoms with E-state index in [0.717, 1.165) is 11.1 Å². The predicted octanol–water partition coefficient (Wildman–Crippen LogP) is 5.79. The third kappa shape index (κ3) is 5.75. The summed E-state index contributed by atoms with van der Waals surface area (Å²) in [6.07, 6.45) is 6.33. The lowest BCUT2D eigenvalue weighted by Gasteiger charge is -2.43. The van der Waals surface area contributed by atoms with Gasteiger partial charge >= 0.3 is 6.09 Å². The van der Waals surface area contributed by atoms with E-state index in [1.807, 2.05) is 46.0 Å². The van der Waals surface area contributed by atoms with Crippen LogP contribution in [-0.2, 0) is 27.3 Å². The molecule has 3 amide bonds. The van der Waals surface area contributed by atoms with Gasteiger partial charge in [0.05, 0.1) is 12.0 Å². The van der Waals surface area contributed by atoms with Gasteiger partial charge in [-0.2, -0.15) is 0 Å².